The summed E-state index contributed by atoms with van der Waals surface area (Å²) in [6, 6.07) is 14.1. The number of likely N-dealkylation sites (tertiary alicyclic amines) is 1. The lowest BCUT2D eigenvalue weighted by Crippen LogP contribution is -2.33. The first kappa shape index (κ1) is 27.0. The summed E-state index contributed by atoms with van der Waals surface area (Å²) in [7, 11) is 0. The minimum absolute atomic E-state index is 0.0142. The molecular weight excluding hydrogens is 432 g/mol. The van der Waals surface area contributed by atoms with E-state index in [9.17, 15) is 9.90 Å². The highest BCUT2D eigenvalue weighted by atomic mass is 16.3. The van der Waals surface area contributed by atoms with Gasteiger partial charge in [-0.1, -0.05) is 91.6 Å². The van der Waals surface area contributed by atoms with Gasteiger partial charge in [-0.2, -0.15) is 0 Å². The zero-order valence-corrected chi connectivity index (χ0v) is 22.7. The molecule has 0 radical (unpaired) electrons. The number of phenolic OH excluding ortho intramolecular Hbond substituents is 1. The molecule has 1 fully saturated rings. The Hall–Kier alpha value is -2.62. The molecule has 0 amide bonds. The summed E-state index contributed by atoms with van der Waals surface area (Å²) in [6.45, 7) is 15.5. The lowest BCUT2D eigenvalue weighted by molar-refractivity contribution is 0.0963. The van der Waals surface area contributed by atoms with Crippen molar-refractivity contribution in [1.82, 2.24) is 4.90 Å². The van der Waals surface area contributed by atoms with Crippen molar-refractivity contribution in [2.24, 2.45) is 11.8 Å². The van der Waals surface area contributed by atoms with Crippen LogP contribution in [0.4, 0.5) is 0 Å². The lowest BCUT2D eigenvalue weighted by Gasteiger charge is -2.28. The van der Waals surface area contributed by atoms with Crippen molar-refractivity contribution in [3.05, 3.63) is 64.7 Å². The van der Waals surface area contributed by atoms with Crippen LogP contribution < -0.4 is 0 Å². The zero-order chi connectivity index (χ0) is 26.0. The largest absolute Gasteiger partial charge is 0.507 e. The Morgan fingerprint density at radius 2 is 1.60 bits per heavy atom. The molecule has 2 aromatic carbocycles. The van der Waals surface area contributed by atoms with Crippen LogP contribution in [-0.4, -0.2) is 34.7 Å². The molecule has 0 aliphatic carbocycles. The van der Waals surface area contributed by atoms with Crippen molar-refractivity contribution < 1.29 is 9.90 Å². The first-order chi connectivity index (χ1) is 16.3. The van der Waals surface area contributed by atoms with Crippen molar-refractivity contribution in [2.45, 2.75) is 85.0 Å². The van der Waals surface area contributed by atoms with Gasteiger partial charge in [0.1, 0.15) is 11.6 Å². The highest BCUT2D eigenvalue weighted by Crippen LogP contribution is 2.40. The van der Waals surface area contributed by atoms with Gasteiger partial charge in [0.05, 0.1) is 6.54 Å². The predicted molar refractivity (Wildman–Crippen MR) is 146 cm³/mol. The number of hydrogen-bond donors (Lipinski definition) is 2. The monoisotopic (exact) mass is 476 g/mol. The van der Waals surface area contributed by atoms with E-state index in [1.807, 2.05) is 23.1 Å². The van der Waals surface area contributed by atoms with Crippen LogP contribution >= 0.6 is 0 Å². The minimum atomic E-state index is -0.285. The first-order valence-electron chi connectivity index (χ1n) is 13.1. The maximum Gasteiger partial charge on any atom is 0.182 e. The van der Waals surface area contributed by atoms with E-state index in [1.165, 1.54) is 5.56 Å². The molecule has 4 nitrogen and oxygen atoms in total. The fraction of sp³-hybridized carbons (Fsp3) is 0.548. The van der Waals surface area contributed by atoms with E-state index in [4.69, 9.17) is 5.41 Å². The van der Waals surface area contributed by atoms with E-state index < -0.39 is 0 Å². The zero-order valence-electron chi connectivity index (χ0n) is 22.7. The highest BCUT2D eigenvalue weighted by Gasteiger charge is 2.38. The van der Waals surface area contributed by atoms with Crippen LogP contribution in [0.5, 0.6) is 5.75 Å². The van der Waals surface area contributed by atoms with E-state index in [1.54, 1.807) is 0 Å². The normalized spacial score (nSPS) is 18.8. The molecule has 4 heteroatoms. The molecule has 1 aliphatic heterocycles. The summed E-state index contributed by atoms with van der Waals surface area (Å²) in [6.07, 6.45) is 4.22. The summed E-state index contributed by atoms with van der Waals surface area (Å²) in [5, 5.41) is 20.0. The molecule has 2 N–H and O–H groups in total. The van der Waals surface area contributed by atoms with Crippen LogP contribution in [-0.2, 0) is 17.3 Å². The van der Waals surface area contributed by atoms with Crippen molar-refractivity contribution in [1.29, 1.82) is 5.41 Å². The topological polar surface area (TPSA) is 64.4 Å². The fourth-order valence-electron chi connectivity index (χ4n) is 5.21. The number of ketones is 1. The Labute approximate surface area is 212 Å². The summed E-state index contributed by atoms with van der Waals surface area (Å²) < 4.78 is 0. The first-order valence-corrected chi connectivity index (χ1v) is 13.1. The van der Waals surface area contributed by atoms with Crippen LogP contribution in [0.15, 0.2) is 42.5 Å². The second kappa shape index (κ2) is 10.6. The third-order valence-corrected chi connectivity index (χ3v) is 7.33. The predicted octanol–water partition coefficient (Wildman–Crippen LogP) is 7.13. The van der Waals surface area contributed by atoms with Gasteiger partial charge in [0.15, 0.2) is 5.78 Å². The van der Waals surface area contributed by atoms with Crippen molar-refractivity contribution in [2.75, 3.05) is 13.1 Å². The number of phenols is 1. The molecule has 1 heterocycles. The number of amidine groups is 1. The third kappa shape index (κ3) is 6.34. The number of unbranched alkanes of at least 4 members (excludes halogenated alkanes) is 1. The van der Waals surface area contributed by atoms with Gasteiger partial charge >= 0.3 is 0 Å². The molecule has 2 unspecified atom stereocenters. The third-order valence-electron chi connectivity index (χ3n) is 7.33. The van der Waals surface area contributed by atoms with E-state index in [0.29, 0.717) is 17.3 Å². The molecule has 0 bridgehead atoms. The van der Waals surface area contributed by atoms with Gasteiger partial charge in [0.2, 0.25) is 0 Å². The van der Waals surface area contributed by atoms with Gasteiger partial charge in [0, 0.05) is 29.2 Å². The fourth-order valence-corrected chi connectivity index (χ4v) is 5.21. The lowest BCUT2D eigenvalue weighted by atomic mass is 9.78. The molecule has 1 saturated heterocycles. The smallest absolute Gasteiger partial charge is 0.182 e. The summed E-state index contributed by atoms with van der Waals surface area (Å²) in [5.74, 6) is 1.44. The average Bonchev–Trinajstić information content (AvgIpc) is 3.05. The number of Topliss-reactive ketones (excluding diaryl/α,β-unsaturated/α-hetero) is 1. The molecule has 0 saturated carbocycles. The molecule has 35 heavy (non-hydrogen) atoms. The molecular formula is C31H44N2O2. The van der Waals surface area contributed by atoms with E-state index in [-0.39, 0.29) is 34.8 Å². The quantitative estimate of drug-likeness (QED) is 0.398. The maximum absolute atomic E-state index is 13.6. The number of aromatic hydroxyl groups is 1. The Morgan fingerprint density at radius 3 is 2.11 bits per heavy atom. The van der Waals surface area contributed by atoms with Crippen LogP contribution in [0.2, 0.25) is 0 Å². The molecule has 0 aromatic heterocycles. The number of hydrogen-bond acceptors (Lipinski definition) is 3. The van der Waals surface area contributed by atoms with Crippen molar-refractivity contribution >= 4 is 11.6 Å². The SMILES string of the molecule is CCCCC1CN(CC(=O)c2cc(C(C)(C)C)c(O)c(C(C)(C)C)c2)C(=N)C1Cc1ccccc1. The van der Waals surface area contributed by atoms with Gasteiger partial charge in [-0.15, -0.1) is 0 Å². The Morgan fingerprint density at radius 1 is 1.03 bits per heavy atom. The average molecular weight is 477 g/mol. The minimum Gasteiger partial charge on any atom is -0.507 e. The Balaban J connectivity index is 1.87. The van der Waals surface area contributed by atoms with Crippen LogP contribution in [0, 0.1) is 17.2 Å². The second-order valence-electron chi connectivity index (χ2n) is 12.3. The number of carbonyl (C=O) groups excluding carboxylic acids is 1. The summed E-state index contributed by atoms with van der Waals surface area (Å²) in [5.41, 5.74) is 2.90. The van der Waals surface area contributed by atoms with Crippen LogP contribution in [0.25, 0.3) is 0 Å². The number of benzene rings is 2. The second-order valence-corrected chi connectivity index (χ2v) is 12.3. The number of nitrogens with one attached hydrogen (secondary N) is 1. The van der Waals surface area contributed by atoms with E-state index in [2.05, 4.69) is 72.7 Å². The standard InChI is InChI=1S/C31H44N2O2/c1-8-9-15-22-19-33(29(32)24(22)16-21-13-11-10-12-14-21)20-27(34)23-17-25(30(2,3)4)28(35)26(18-23)31(5,6)7/h10-14,17-18,22,24,32,35H,8-9,15-16,19-20H2,1-7H3. The molecule has 190 valence electrons. The summed E-state index contributed by atoms with van der Waals surface area (Å²) >= 11 is 0. The Bertz CT molecular complexity index is 1010. The molecule has 1 aliphatic rings. The number of nitrogens with zero attached hydrogens (tertiary/aromatic N) is 1. The van der Waals surface area contributed by atoms with E-state index in [0.717, 1.165) is 43.4 Å². The molecule has 3 rings (SSSR count). The highest BCUT2D eigenvalue weighted by molar-refractivity contribution is 6.01. The van der Waals surface area contributed by atoms with Crippen LogP contribution in [0.1, 0.15) is 94.8 Å². The molecule has 2 atom stereocenters. The molecule has 0 spiro atoms. The van der Waals surface area contributed by atoms with Gasteiger partial charge in [-0.25, -0.2) is 0 Å². The van der Waals surface area contributed by atoms with Gasteiger partial charge in [0.25, 0.3) is 0 Å². The van der Waals surface area contributed by atoms with Crippen molar-refractivity contribution in [3.8, 4) is 5.75 Å². The Kier molecular flexibility index (Phi) is 8.14. The molecule has 2 aromatic rings. The number of rotatable bonds is 8. The van der Waals surface area contributed by atoms with Gasteiger partial charge in [-0.3, -0.25) is 10.2 Å². The van der Waals surface area contributed by atoms with E-state index >= 15 is 0 Å². The van der Waals surface area contributed by atoms with Crippen LogP contribution in [0.3, 0.4) is 0 Å². The summed E-state index contributed by atoms with van der Waals surface area (Å²) in [4.78, 5) is 15.6. The van der Waals surface area contributed by atoms with Crippen molar-refractivity contribution in [3.63, 3.8) is 0 Å². The number of carbonyl (C=O) groups is 1. The maximum atomic E-state index is 13.6. The van der Waals surface area contributed by atoms with Gasteiger partial charge in [-0.05, 0) is 47.3 Å². The van der Waals surface area contributed by atoms with Gasteiger partial charge < -0.3 is 10.0 Å².